The van der Waals surface area contributed by atoms with E-state index in [1.165, 1.54) is 11.1 Å². The smallest absolute Gasteiger partial charge is 0.323 e. The highest BCUT2D eigenvalue weighted by molar-refractivity contribution is 9.10. The zero-order chi connectivity index (χ0) is 21.1. The summed E-state index contributed by atoms with van der Waals surface area (Å²) in [4.78, 5) is 17.1. The van der Waals surface area contributed by atoms with Crippen LogP contribution in [-0.4, -0.2) is 22.7 Å². The van der Waals surface area contributed by atoms with Gasteiger partial charge in [0, 0.05) is 11.0 Å². The molecule has 0 saturated carbocycles. The Morgan fingerprint density at radius 1 is 1.07 bits per heavy atom. The first kappa shape index (κ1) is 20.0. The van der Waals surface area contributed by atoms with Crippen LogP contribution in [0.4, 0.5) is 16.2 Å². The average molecular weight is 465 g/mol. The number of ether oxygens (including phenoxy) is 1. The van der Waals surface area contributed by atoms with Crippen molar-refractivity contribution >= 4 is 44.4 Å². The predicted octanol–water partition coefficient (Wildman–Crippen LogP) is 5.81. The third-order valence-electron chi connectivity index (χ3n) is 4.74. The molecule has 30 heavy (non-hydrogen) atoms. The van der Waals surface area contributed by atoms with Gasteiger partial charge in [-0.2, -0.15) is 0 Å². The van der Waals surface area contributed by atoms with Crippen LogP contribution in [0, 0.1) is 6.92 Å². The van der Waals surface area contributed by atoms with Gasteiger partial charge in [0.25, 0.3) is 0 Å². The molecule has 0 aliphatic carbocycles. The summed E-state index contributed by atoms with van der Waals surface area (Å²) in [7, 11) is 1.56. The molecule has 1 aromatic heterocycles. The Kier molecular flexibility index (Phi) is 5.72. The van der Waals surface area contributed by atoms with Gasteiger partial charge in [0.1, 0.15) is 11.3 Å². The number of hydrogen-bond acceptors (Lipinski definition) is 3. The van der Waals surface area contributed by atoms with E-state index in [9.17, 15) is 4.79 Å². The number of aryl methyl sites for hydroxylation is 1. The first-order valence-corrected chi connectivity index (χ1v) is 10.2. The van der Waals surface area contributed by atoms with E-state index >= 15 is 0 Å². The van der Waals surface area contributed by atoms with E-state index in [-0.39, 0.29) is 6.03 Å². The average Bonchev–Trinajstić information content (AvgIpc) is 3.12. The highest BCUT2D eigenvalue weighted by Crippen LogP contribution is 2.28. The van der Waals surface area contributed by atoms with Crippen molar-refractivity contribution in [3.05, 3.63) is 82.6 Å². The number of urea groups is 1. The van der Waals surface area contributed by atoms with Crippen molar-refractivity contribution in [3.63, 3.8) is 0 Å². The van der Waals surface area contributed by atoms with Crippen LogP contribution in [0.25, 0.3) is 11.0 Å². The van der Waals surface area contributed by atoms with Gasteiger partial charge < -0.3 is 19.9 Å². The third-order valence-corrected chi connectivity index (χ3v) is 5.24. The molecule has 0 radical (unpaired) electrons. The number of halogens is 1. The van der Waals surface area contributed by atoms with Crippen molar-refractivity contribution in [2.45, 2.75) is 13.5 Å². The number of hydrogen-bond donors (Lipinski definition) is 2. The zero-order valence-electron chi connectivity index (χ0n) is 16.6. The van der Waals surface area contributed by atoms with E-state index in [1.54, 1.807) is 25.6 Å². The number of amides is 2. The van der Waals surface area contributed by atoms with Gasteiger partial charge in [-0.3, -0.25) is 0 Å². The number of benzene rings is 3. The maximum absolute atomic E-state index is 12.6. The molecular formula is C23H21BrN4O2. The first-order valence-electron chi connectivity index (χ1n) is 9.44. The minimum atomic E-state index is -0.368. The van der Waals surface area contributed by atoms with Crippen LogP contribution in [0.1, 0.15) is 11.1 Å². The molecule has 4 aromatic rings. The largest absolute Gasteiger partial charge is 0.495 e. The Morgan fingerprint density at radius 3 is 2.67 bits per heavy atom. The van der Waals surface area contributed by atoms with Crippen LogP contribution in [0.3, 0.4) is 0 Å². The maximum Gasteiger partial charge on any atom is 0.323 e. The molecule has 6 nitrogen and oxygen atoms in total. The Labute approximate surface area is 183 Å². The van der Waals surface area contributed by atoms with Crippen molar-refractivity contribution < 1.29 is 9.53 Å². The van der Waals surface area contributed by atoms with Crippen LogP contribution >= 0.6 is 15.9 Å². The highest BCUT2D eigenvalue weighted by atomic mass is 79.9. The number of carbonyl (C=O) groups is 1. The van der Waals surface area contributed by atoms with Gasteiger partial charge >= 0.3 is 6.03 Å². The quantitative estimate of drug-likeness (QED) is 0.391. The molecule has 0 saturated heterocycles. The van der Waals surface area contributed by atoms with Gasteiger partial charge in [0.2, 0.25) is 0 Å². The molecule has 1 heterocycles. The fraction of sp³-hybridized carbons (Fsp3) is 0.130. The number of nitrogens with one attached hydrogen (secondary N) is 2. The van der Waals surface area contributed by atoms with E-state index in [1.807, 2.05) is 24.3 Å². The molecule has 0 atom stereocenters. The van der Waals surface area contributed by atoms with Crippen molar-refractivity contribution in [3.8, 4) is 5.75 Å². The molecule has 7 heteroatoms. The summed E-state index contributed by atoms with van der Waals surface area (Å²) in [6.07, 6.45) is 1.80. The van der Waals surface area contributed by atoms with E-state index in [0.717, 1.165) is 15.5 Å². The molecule has 0 aliphatic heterocycles. The number of anilines is 2. The molecule has 152 valence electrons. The standard InChI is InChI=1S/C23H21BrN4O2/c1-15-5-3-6-16(11-15)13-28-14-25-22-18(7-4-8-20(22)28)26-23(29)27-19-12-17(24)9-10-21(19)30-2/h3-12,14H,13H2,1-2H3,(H2,26,27,29). The van der Waals surface area contributed by atoms with E-state index in [0.29, 0.717) is 23.7 Å². The van der Waals surface area contributed by atoms with Crippen molar-refractivity contribution in [2.75, 3.05) is 17.7 Å². The van der Waals surface area contributed by atoms with E-state index in [2.05, 4.69) is 67.3 Å². The number of para-hydroxylation sites is 1. The second-order valence-electron chi connectivity index (χ2n) is 6.96. The number of imidazole rings is 1. The Balaban J connectivity index is 1.56. The molecule has 0 fully saturated rings. The maximum atomic E-state index is 12.6. The number of rotatable bonds is 5. The molecule has 2 amide bonds. The fourth-order valence-corrected chi connectivity index (χ4v) is 3.74. The lowest BCUT2D eigenvalue weighted by atomic mass is 10.1. The van der Waals surface area contributed by atoms with Gasteiger partial charge in [-0.25, -0.2) is 9.78 Å². The molecule has 2 N–H and O–H groups in total. The molecular weight excluding hydrogens is 444 g/mol. The second kappa shape index (κ2) is 8.59. The molecule has 4 rings (SSSR count). The Hall–Kier alpha value is -3.32. The van der Waals surface area contributed by atoms with Crippen LogP contribution in [0.5, 0.6) is 5.75 Å². The Morgan fingerprint density at radius 2 is 1.87 bits per heavy atom. The van der Waals surface area contributed by atoms with Crippen molar-refractivity contribution in [1.29, 1.82) is 0 Å². The molecule has 0 unspecified atom stereocenters. The first-order chi connectivity index (χ1) is 14.5. The lowest BCUT2D eigenvalue weighted by molar-refractivity contribution is 0.262. The summed E-state index contributed by atoms with van der Waals surface area (Å²) >= 11 is 3.41. The number of methoxy groups -OCH3 is 1. The monoisotopic (exact) mass is 464 g/mol. The minimum Gasteiger partial charge on any atom is -0.495 e. The van der Waals surface area contributed by atoms with Gasteiger partial charge in [-0.05, 0) is 42.8 Å². The molecule has 0 spiro atoms. The summed E-state index contributed by atoms with van der Waals surface area (Å²) in [6.45, 7) is 2.79. The summed E-state index contributed by atoms with van der Waals surface area (Å²) in [5.74, 6) is 0.578. The van der Waals surface area contributed by atoms with Crippen molar-refractivity contribution in [2.24, 2.45) is 0 Å². The normalized spacial score (nSPS) is 10.8. The van der Waals surface area contributed by atoms with Crippen LogP contribution in [-0.2, 0) is 6.54 Å². The lowest BCUT2D eigenvalue weighted by Gasteiger charge is -2.12. The number of fused-ring (bicyclic) bond motifs is 1. The summed E-state index contributed by atoms with van der Waals surface area (Å²) in [5.41, 5.74) is 5.32. The highest BCUT2D eigenvalue weighted by Gasteiger charge is 2.12. The molecule has 0 aliphatic rings. The summed E-state index contributed by atoms with van der Waals surface area (Å²) < 4.78 is 8.23. The number of carbonyl (C=O) groups excluding carboxylic acids is 1. The number of nitrogens with zero attached hydrogens (tertiary/aromatic N) is 2. The number of aromatic nitrogens is 2. The molecule has 3 aromatic carbocycles. The predicted molar refractivity (Wildman–Crippen MR) is 123 cm³/mol. The fourth-order valence-electron chi connectivity index (χ4n) is 3.38. The summed E-state index contributed by atoms with van der Waals surface area (Å²) in [5, 5.41) is 5.72. The minimum absolute atomic E-state index is 0.368. The topological polar surface area (TPSA) is 68.2 Å². The Bertz CT molecular complexity index is 1220. The van der Waals surface area contributed by atoms with Crippen LogP contribution in [0.15, 0.2) is 71.5 Å². The third kappa shape index (κ3) is 4.31. The molecule has 0 bridgehead atoms. The zero-order valence-corrected chi connectivity index (χ0v) is 18.2. The van der Waals surface area contributed by atoms with Crippen molar-refractivity contribution in [1.82, 2.24) is 9.55 Å². The van der Waals surface area contributed by atoms with E-state index < -0.39 is 0 Å². The van der Waals surface area contributed by atoms with Crippen LogP contribution in [0.2, 0.25) is 0 Å². The van der Waals surface area contributed by atoms with Gasteiger partial charge in [0.05, 0.1) is 30.3 Å². The SMILES string of the molecule is COc1ccc(Br)cc1NC(=O)Nc1cccc2c1ncn2Cc1cccc(C)c1. The van der Waals surface area contributed by atoms with Gasteiger partial charge in [-0.15, -0.1) is 0 Å². The summed E-state index contributed by atoms with van der Waals surface area (Å²) in [6, 6.07) is 19.2. The van der Waals surface area contributed by atoms with Crippen LogP contribution < -0.4 is 15.4 Å². The van der Waals surface area contributed by atoms with E-state index in [4.69, 9.17) is 4.74 Å². The van der Waals surface area contributed by atoms with Gasteiger partial charge in [-0.1, -0.05) is 51.8 Å². The van der Waals surface area contributed by atoms with Gasteiger partial charge in [0.15, 0.2) is 0 Å². The lowest BCUT2D eigenvalue weighted by Crippen LogP contribution is -2.20. The second-order valence-corrected chi connectivity index (χ2v) is 7.87.